The molecule has 0 saturated heterocycles. The fourth-order valence-electron chi connectivity index (χ4n) is 2.23. The summed E-state index contributed by atoms with van der Waals surface area (Å²) in [6.45, 7) is 0.723. The van der Waals surface area contributed by atoms with Gasteiger partial charge in [-0.15, -0.1) is 0 Å². The minimum atomic E-state index is -1.08. The maximum Gasteiger partial charge on any atom is 0.337 e. The molecular formula is C13H16FNO2. The molecule has 2 rings (SSSR count). The van der Waals surface area contributed by atoms with E-state index < -0.39 is 11.8 Å². The average molecular weight is 237 g/mol. The van der Waals surface area contributed by atoms with E-state index in [0.29, 0.717) is 5.92 Å². The fraction of sp³-hybridized carbons (Fsp3) is 0.462. The molecule has 1 saturated carbocycles. The first-order chi connectivity index (χ1) is 8.09. The first kappa shape index (κ1) is 11.9. The van der Waals surface area contributed by atoms with Gasteiger partial charge in [0.2, 0.25) is 0 Å². The lowest BCUT2D eigenvalue weighted by atomic mass is 9.85. The lowest BCUT2D eigenvalue weighted by Gasteiger charge is -2.32. The van der Waals surface area contributed by atoms with Crippen LogP contribution < -0.4 is 4.90 Å². The second-order valence-corrected chi connectivity index (χ2v) is 4.62. The minimum Gasteiger partial charge on any atom is -0.478 e. The van der Waals surface area contributed by atoms with Gasteiger partial charge in [-0.2, -0.15) is 0 Å². The average Bonchev–Trinajstić information content (AvgIpc) is 2.22. The van der Waals surface area contributed by atoms with Gasteiger partial charge >= 0.3 is 5.97 Å². The Hall–Kier alpha value is -1.58. The Labute approximate surface area is 99.9 Å². The Morgan fingerprint density at radius 1 is 1.53 bits per heavy atom. The van der Waals surface area contributed by atoms with Crippen LogP contribution in [0.25, 0.3) is 0 Å². The molecular weight excluding hydrogens is 221 g/mol. The summed E-state index contributed by atoms with van der Waals surface area (Å²) < 4.78 is 13.7. The van der Waals surface area contributed by atoms with Crippen molar-refractivity contribution in [3.8, 4) is 0 Å². The van der Waals surface area contributed by atoms with E-state index in [-0.39, 0.29) is 11.3 Å². The van der Waals surface area contributed by atoms with Crippen LogP contribution in [0.5, 0.6) is 0 Å². The van der Waals surface area contributed by atoms with Gasteiger partial charge < -0.3 is 10.0 Å². The van der Waals surface area contributed by atoms with Crippen molar-refractivity contribution >= 4 is 11.7 Å². The number of hydrogen-bond donors (Lipinski definition) is 1. The molecule has 0 aliphatic heterocycles. The highest BCUT2D eigenvalue weighted by Crippen LogP contribution is 2.30. The van der Waals surface area contributed by atoms with Crippen LogP contribution in [0.3, 0.4) is 0 Å². The summed E-state index contributed by atoms with van der Waals surface area (Å²) in [6, 6.07) is 4.18. The van der Waals surface area contributed by atoms with Crippen LogP contribution in [-0.4, -0.2) is 24.7 Å². The van der Waals surface area contributed by atoms with E-state index in [0.717, 1.165) is 19.4 Å². The normalized spacial score (nSPS) is 15.4. The van der Waals surface area contributed by atoms with Gasteiger partial charge in [0, 0.05) is 13.6 Å². The number of carboxylic acid groups (broad SMARTS) is 1. The third-order valence-corrected chi connectivity index (χ3v) is 3.36. The van der Waals surface area contributed by atoms with Crippen LogP contribution in [0.15, 0.2) is 18.2 Å². The predicted octanol–water partition coefficient (Wildman–Crippen LogP) is 2.76. The number of para-hydroxylation sites is 1. The molecule has 1 aromatic carbocycles. The molecule has 1 N–H and O–H groups in total. The van der Waals surface area contributed by atoms with Crippen LogP contribution in [0, 0.1) is 11.7 Å². The van der Waals surface area contributed by atoms with Crippen molar-refractivity contribution in [2.24, 2.45) is 5.92 Å². The molecule has 0 aromatic heterocycles. The Morgan fingerprint density at radius 2 is 2.24 bits per heavy atom. The summed E-state index contributed by atoms with van der Waals surface area (Å²) in [6.07, 6.45) is 3.53. The first-order valence-electron chi connectivity index (χ1n) is 5.82. The lowest BCUT2D eigenvalue weighted by molar-refractivity contribution is 0.0697. The third kappa shape index (κ3) is 2.40. The summed E-state index contributed by atoms with van der Waals surface area (Å²) in [5, 5.41) is 9.05. The molecule has 4 heteroatoms. The van der Waals surface area contributed by atoms with E-state index in [4.69, 9.17) is 5.11 Å². The monoisotopic (exact) mass is 237 g/mol. The highest BCUT2D eigenvalue weighted by molar-refractivity contribution is 5.94. The standard InChI is InChI=1S/C13H16FNO2/c1-15(8-9-4-2-5-9)12-10(13(16)17)6-3-7-11(12)14/h3,6-7,9H,2,4-5,8H2,1H3,(H,16,17). The Kier molecular flexibility index (Phi) is 3.31. The number of anilines is 1. The molecule has 1 fully saturated rings. The van der Waals surface area contributed by atoms with E-state index >= 15 is 0 Å². The van der Waals surface area contributed by atoms with Crippen LogP contribution in [0.2, 0.25) is 0 Å². The van der Waals surface area contributed by atoms with E-state index in [1.165, 1.54) is 24.6 Å². The third-order valence-electron chi connectivity index (χ3n) is 3.36. The minimum absolute atomic E-state index is 0.0341. The second-order valence-electron chi connectivity index (χ2n) is 4.62. The van der Waals surface area contributed by atoms with Crippen molar-refractivity contribution in [2.75, 3.05) is 18.5 Å². The summed E-state index contributed by atoms with van der Waals surface area (Å²) in [7, 11) is 1.75. The van der Waals surface area contributed by atoms with Gasteiger partial charge in [0.1, 0.15) is 5.82 Å². The molecule has 0 atom stereocenters. The fourth-order valence-corrected chi connectivity index (χ4v) is 2.23. The van der Waals surface area contributed by atoms with Gasteiger partial charge in [-0.25, -0.2) is 9.18 Å². The molecule has 0 spiro atoms. The van der Waals surface area contributed by atoms with E-state index in [2.05, 4.69) is 0 Å². The number of nitrogens with zero attached hydrogens (tertiary/aromatic N) is 1. The largest absolute Gasteiger partial charge is 0.478 e. The van der Waals surface area contributed by atoms with Crippen molar-refractivity contribution in [1.29, 1.82) is 0 Å². The molecule has 92 valence electrons. The number of rotatable bonds is 4. The number of aromatic carboxylic acids is 1. The molecule has 1 aliphatic carbocycles. The van der Waals surface area contributed by atoms with Crippen LogP contribution >= 0.6 is 0 Å². The summed E-state index contributed by atoms with van der Waals surface area (Å²) in [4.78, 5) is 12.8. The Bertz CT molecular complexity index is 429. The lowest BCUT2D eigenvalue weighted by Crippen LogP contribution is -2.31. The Morgan fingerprint density at radius 3 is 2.76 bits per heavy atom. The smallest absolute Gasteiger partial charge is 0.337 e. The van der Waals surface area contributed by atoms with Gasteiger partial charge in [-0.1, -0.05) is 12.5 Å². The molecule has 0 radical (unpaired) electrons. The molecule has 3 nitrogen and oxygen atoms in total. The zero-order valence-corrected chi connectivity index (χ0v) is 9.82. The van der Waals surface area contributed by atoms with Crippen molar-refractivity contribution in [3.05, 3.63) is 29.6 Å². The van der Waals surface area contributed by atoms with Crippen molar-refractivity contribution < 1.29 is 14.3 Å². The summed E-state index contributed by atoms with van der Waals surface area (Å²) in [5.41, 5.74) is 0.235. The van der Waals surface area contributed by atoms with Crippen LogP contribution in [0.1, 0.15) is 29.6 Å². The Balaban J connectivity index is 2.25. The second kappa shape index (κ2) is 4.73. The molecule has 1 aromatic rings. The SMILES string of the molecule is CN(CC1CCC1)c1c(F)cccc1C(=O)O. The molecule has 0 amide bonds. The highest BCUT2D eigenvalue weighted by Gasteiger charge is 2.23. The number of halogens is 1. The molecule has 0 heterocycles. The van der Waals surface area contributed by atoms with E-state index in [1.54, 1.807) is 11.9 Å². The molecule has 17 heavy (non-hydrogen) atoms. The van der Waals surface area contributed by atoms with Crippen molar-refractivity contribution in [2.45, 2.75) is 19.3 Å². The topological polar surface area (TPSA) is 40.5 Å². The molecule has 0 bridgehead atoms. The molecule has 0 unspecified atom stereocenters. The molecule has 1 aliphatic rings. The maximum absolute atomic E-state index is 13.7. The predicted molar refractivity (Wildman–Crippen MR) is 64.0 cm³/mol. The van der Waals surface area contributed by atoms with Gasteiger partial charge in [-0.05, 0) is 30.9 Å². The summed E-state index contributed by atoms with van der Waals surface area (Å²) in [5.74, 6) is -0.979. The van der Waals surface area contributed by atoms with Crippen LogP contribution in [0.4, 0.5) is 10.1 Å². The van der Waals surface area contributed by atoms with Crippen molar-refractivity contribution in [3.63, 3.8) is 0 Å². The van der Waals surface area contributed by atoms with Gasteiger partial charge in [0.15, 0.2) is 0 Å². The summed E-state index contributed by atoms with van der Waals surface area (Å²) >= 11 is 0. The van der Waals surface area contributed by atoms with Gasteiger partial charge in [-0.3, -0.25) is 0 Å². The zero-order valence-electron chi connectivity index (χ0n) is 9.82. The number of carbonyl (C=O) groups is 1. The number of hydrogen-bond acceptors (Lipinski definition) is 2. The number of carboxylic acids is 1. The quantitative estimate of drug-likeness (QED) is 0.875. The van der Waals surface area contributed by atoms with Gasteiger partial charge in [0.05, 0.1) is 11.3 Å². The van der Waals surface area contributed by atoms with E-state index in [9.17, 15) is 9.18 Å². The van der Waals surface area contributed by atoms with Crippen LogP contribution in [-0.2, 0) is 0 Å². The van der Waals surface area contributed by atoms with Gasteiger partial charge in [0.25, 0.3) is 0 Å². The van der Waals surface area contributed by atoms with E-state index in [1.807, 2.05) is 0 Å². The maximum atomic E-state index is 13.7. The zero-order chi connectivity index (χ0) is 12.4. The highest BCUT2D eigenvalue weighted by atomic mass is 19.1. The van der Waals surface area contributed by atoms with Crippen molar-refractivity contribution in [1.82, 2.24) is 0 Å². The first-order valence-corrected chi connectivity index (χ1v) is 5.82. The number of benzene rings is 1.